The van der Waals surface area contributed by atoms with Crippen LogP contribution in [0.15, 0.2) is 48.5 Å². The molecule has 1 atom stereocenters. The predicted molar refractivity (Wildman–Crippen MR) is 95.7 cm³/mol. The molecule has 2 aromatic carbocycles. The molecule has 2 nitrogen and oxygen atoms in total. The summed E-state index contributed by atoms with van der Waals surface area (Å²) in [7, 11) is 1.62. The number of hydrogen-bond donors (Lipinski definition) is 0. The van der Waals surface area contributed by atoms with E-state index < -0.39 is 0 Å². The van der Waals surface area contributed by atoms with E-state index in [4.69, 9.17) is 16.3 Å². The van der Waals surface area contributed by atoms with Crippen molar-refractivity contribution in [2.24, 2.45) is 0 Å². The van der Waals surface area contributed by atoms with Gasteiger partial charge in [0, 0.05) is 17.0 Å². The van der Waals surface area contributed by atoms with Crippen LogP contribution >= 0.6 is 11.6 Å². The van der Waals surface area contributed by atoms with Gasteiger partial charge in [0.1, 0.15) is 5.75 Å². The fraction of sp³-hybridized carbons (Fsp3) is 0.350. The number of unbranched alkanes of at least 4 members (excludes halogenated alkanes) is 1. The van der Waals surface area contributed by atoms with Crippen LogP contribution in [-0.4, -0.2) is 12.9 Å². The first kappa shape index (κ1) is 17.6. The minimum Gasteiger partial charge on any atom is -0.497 e. The van der Waals surface area contributed by atoms with Crippen molar-refractivity contribution in [3.05, 3.63) is 64.7 Å². The second kappa shape index (κ2) is 8.73. The molecule has 0 aliphatic carbocycles. The molecule has 0 fully saturated rings. The van der Waals surface area contributed by atoms with Crippen molar-refractivity contribution in [1.82, 2.24) is 0 Å². The Labute approximate surface area is 143 Å². The zero-order chi connectivity index (χ0) is 16.7. The van der Waals surface area contributed by atoms with Crippen LogP contribution in [0.4, 0.5) is 0 Å². The van der Waals surface area contributed by atoms with Gasteiger partial charge in [0.25, 0.3) is 0 Å². The summed E-state index contributed by atoms with van der Waals surface area (Å²) in [5.74, 6) is 1.17. The Morgan fingerprint density at radius 2 is 1.74 bits per heavy atom. The summed E-state index contributed by atoms with van der Waals surface area (Å²) in [6, 6.07) is 15.2. The molecule has 122 valence electrons. The third-order valence-electron chi connectivity index (χ3n) is 4.09. The molecule has 0 N–H and O–H groups in total. The maximum Gasteiger partial charge on any atom is 0.163 e. The lowest BCUT2D eigenvalue weighted by Gasteiger charge is -2.17. The first-order valence-electron chi connectivity index (χ1n) is 8.06. The third-order valence-corrected chi connectivity index (χ3v) is 4.34. The van der Waals surface area contributed by atoms with Crippen molar-refractivity contribution in [3.63, 3.8) is 0 Å². The summed E-state index contributed by atoms with van der Waals surface area (Å²) in [5, 5.41) is 0.726. The first-order chi connectivity index (χ1) is 11.1. The van der Waals surface area contributed by atoms with Crippen LogP contribution in [0.25, 0.3) is 0 Å². The summed E-state index contributed by atoms with van der Waals surface area (Å²) in [4.78, 5) is 12.6. The second-order valence-corrected chi connectivity index (χ2v) is 6.18. The van der Waals surface area contributed by atoms with Gasteiger partial charge in [-0.25, -0.2) is 0 Å². The number of ketones is 1. The average Bonchev–Trinajstić information content (AvgIpc) is 2.59. The fourth-order valence-corrected chi connectivity index (χ4v) is 2.82. The molecule has 0 saturated carbocycles. The van der Waals surface area contributed by atoms with Gasteiger partial charge in [-0.1, -0.05) is 43.5 Å². The van der Waals surface area contributed by atoms with E-state index in [1.807, 2.05) is 48.5 Å². The lowest BCUT2D eigenvalue weighted by Crippen LogP contribution is -2.08. The number of methoxy groups -OCH3 is 1. The predicted octanol–water partition coefficient (Wildman–Crippen LogP) is 5.90. The molecule has 0 spiro atoms. The zero-order valence-corrected chi connectivity index (χ0v) is 14.5. The molecule has 2 rings (SSSR count). The molecule has 0 unspecified atom stereocenters. The maximum absolute atomic E-state index is 12.6. The molecule has 0 aliphatic heterocycles. The Balaban J connectivity index is 2.12. The Morgan fingerprint density at radius 3 is 2.30 bits per heavy atom. The number of ether oxygens (including phenoxy) is 1. The van der Waals surface area contributed by atoms with Crippen LogP contribution in [0.3, 0.4) is 0 Å². The standard InChI is InChI=1S/C20H23ClO2/c1-3-4-5-17(15-6-10-18(21)11-7-15)14-20(22)16-8-12-19(23-2)13-9-16/h6-13,17H,3-5,14H2,1-2H3/t17-/m0/s1. The third kappa shape index (κ3) is 5.11. The van der Waals surface area contributed by atoms with Crippen LogP contribution in [0.2, 0.25) is 5.02 Å². The Kier molecular flexibility index (Phi) is 6.66. The van der Waals surface area contributed by atoms with Crippen molar-refractivity contribution in [2.45, 2.75) is 38.5 Å². The van der Waals surface area contributed by atoms with E-state index in [0.29, 0.717) is 6.42 Å². The summed E-state index contributed by atoms with van der Waals surface area (Å²) in [5.41, 5.74) is 1.92. The fourth-order valence-electron chi connectivity index (χ4n) is 2.69. The smallest absolute Gasteiger partial charge is 0.163 e. The van der Waals surface area contributed by atoms with Gasteiger partial charge in [-0.2, -0.15) is 0 Å². The quantitative estimate of drug-likeness (QED) is 0.563. The average molecular weight is 331 g/mol. The molecule has 0 bridgehead atoms. The zero-order valence-electron chi connectivity index (χ0n) is 13.7. The van der Waals surface area contributed by atoms with Crippen LogP contribution in [0.5, 0.6) is 5.75 Å². The van der Waals surface area contributed by atoms with Crippen molar-refractivity contribution in [3.8, 4) is 5.75 Å². The van der Waals surface area contributed by atoms with E-state index in [1.54, 1.807) is 7.11 Å². The van der Waals surface area contributed by atoms with Gasteiger partial charge in [0.2, 0.25) is 0 Å². The maximum atomic E-state index is 12.6. The van der Waals surface area contributed by atoms with Gasteiger partial charge in [-0.05, 0) is 54.3 Å². The highest BCUT2D eigenvalue weighted by atomic mass is 35.5. The summed E-state index contributed by atoms with van der Waals surface area (Å²) < 4.78 is 5.14. The van der Waals surface area contributed by atoms with E-state index in [9.17, 15) is 4.79 Å². The molecule has 0 amide bonds. The highest BCUT2D eigenvalue weighted by molar-refractivity contribution is 6.30. The summed E-state index contributed by atoms with van der Waals surface area (Å²) in [6.07, 6.45) is 3.78. The van der Waals surface area contributed by atoms with Crippen LogP contribution in [-0.2, 0) is 0 Å². The Bertz CT molecular complexity index is 617. The number of carbonyl (C=O) groups excluding carboxylic acids is 1. The first-order valence-corrected chi connectivity index (χ1v) is 8.44. The highest BCUT2D eigenvalue weighted by Gasteiger charge is 2.17. The number of Topliss-reactive ketones (excluding diaryl/α,β-unsaturated/α-hetero) is 1. The van der Waals surface area contributed by atoms with Crippen molar-refractivity contribution in [2.75, 3.05) is 7.11 Å². The van der Waals surface area contributed by atoms with Crippen LogP contribution in [0.1, 0.15) is 54.4 Å². The summed E-state index contributed by atoms with van der Waals surface area (Å²) in [6.45, 7) is 2.17. The molecule has 0 heterocycles. The van der Waals surface area contributed by atoms with Crippen molar-refractivity contribution < 1.29 is 9.53 Å². The molecule has 0 aromatic heterocycles. The Hall–Kier alpha value is -1.80. The van der Waals surface area contributed by atoms with Gasteiger partial charge >= 0.3 is 0 Å². The number of hydrogen-bond acceptors (Lipinski definition) is 2. The van der Waals surface area contributed by atoms with Crippen molar-refractivity contribution in [1.29, 1.82) is 0 Å². The van der Waals surface area contributed by atoms with Gasteiger partial charge in [-0.3, -0.25) is 4.79 Å². The minimum atomic E-state index is 0.170. The lowest BCUT2D eigenvalue weighted by atomic mass is 9.87. The van der Waals surface area contributed by atoms with Crippen molar-refractivity contribution >= 4 is 17.4 Å². The minimum absolute atomic E-state index is 0.170. The van der Waals surface area contributed by atoms with Gasteiger partial charge in [-0.15, -0.1) is 0 Å². The monoisotopic (exact) mass is 330 g/mol. The normalized spacial score (nSPS) is 12.0. The number of carbonyl (C=O) groups is 1. The van der Waals surface area contributed by atoms with Gasteiger partial charge < -0.3 is 4.74 Å². The lowest BCUT2D eigenvalue weighted by molar-refractivity contribution is 0.0972. The number of rotatable bonds is 8. The molecule has 0 aliphatic rings. The van der Waals surface area contributed by atoms with E-state index in [-0.39, 0.29) is 11.7 Å². The van der Waals surface area contributed by atoms with E-state index in [1.165, 1.54) is 5.56 Å². The van der Waals surface area contributed by atoms with Crippen LogP contribution in [0, 0.1) is 0 Å². The number of halogens is 1. The molecular formula is C20H23ClO2. The van der Waals surface area contributed by atoms with Gasteiger partial charge in [0.05, 0.1) is 7.11 Å². The summed E-state index contributed by atoms with van der Waals surface area (Å²) >= 11 is 5.97. The highest BCUT2D eigenvalue weighted by Crippen LogP contribution is 2.28. The van der Waals surface area contributed by atoms with E-state index in [2.05, 4.69) is 6.92 Å². The molecular weight excluding hydrogens is 308 g/mol. The Morgan fingerprint density at radius 1 is 1.09 bits per heavy atom. The molecule has 2 aromatic rings. The van der Waals surface area contributed by atoms with Crippen LogP contribution < -0.4 is 4.74 Å². The SMILES string of the molecule is CCCC[C@@H](CC(=O)c1ccc(OC)cc1)c1ccc(Cl)cc1. The second-order valence-electron chi connectivity index (χ2n) is 5.75. The molecule has 0 saturated heterocycles. The molecule has 23 heavy (non-hydrogen) atoms. The topological polar surface area (TPSA) is 26.3 Å². The van der Waals surface area contributed by atoms with Gasteiger partial charge in [0.15, 0.2) is 5.78 Å². The van der Waals surface area contributed by atoms with E-state index >= 15 is 0 Å². The largest absolute Gasteiger partial charge is 0.497 e. The molecule has 0 radical (unpaired) electrons. The van der Waals surface area contributed by atoms with E-state index in [0.717, 1.165) is 35.6 Å². The number of benzene rings is 2. The molecule has 3 heteroatoms.